The molecule has 0 amide bonds. The van der Waals surface area contributed by atoms with E-state index in [1.54, 1.807) is 6.26 Å². The van der Waals surface area contributed by atoms with E-state index < -0.39 is 0 Å². The standard InChI is InChI=1S/C22H34O4/c1-5-7-9-25-21-17(10-15(3)4)11-18-20(16(12-23)8-6-2)14-26-22(18)19(21)13-24/h11,14-16,23-24H,5-10,12-13H2,1-4H3. The summed E-state index contributed by atoms with van der Waals surface area (Å²) in [6.07, 6.45) is 6.59. The Hall–Kier alpha value is -1.52. The third-order valence-corrected chi connectivity index (χ3v) is 4.85. The minimum atomic E-state index is -0.117. The fourth-order valence-electron chi connectivity index (χ4n) is 3.54. The van der Waals surface area contributed by atoms with Gasteiger partial charge in [-0.15, -0.1) is 0 Å². The highest BCUT2D eigenvalue weighted by Crippen LogP contribution is 2.39. The van der Waals surface area contributed by atoms with E-state index >= 15 is 0 Å². The number of ether oxygens (including phenoxy) is 1. The average molecular weight is 363 g/mol. The highest BCUT2D eigenvalue weighted by Gasteiger charge is 2.23. The SMILES string of the molecule is CCCCOc1c(CC(C)C)cc2c(C(CO)CCC)coc2c1CO. The van der Waals surface area contributed by atoms with Gasteiger partial charge in [0, 0.05) is 16.9 Å². The second kappa shape index (κ2) is 9.98. The van der Waals surface area contributed by atoms with Crippen LogP contribution in [0.15, 0.2) is 16.7 Å². The summed E-state index contributed by atoms with van der Waals surface area (Å²) in [5.41, 5.74) is 3.57. The lowest BCUT2D eigenvalue weighted by atomic mass is 9.91. The van der Waals surface area contributed by atoms with Crippen LogP contribution in [-0.4, -0.2) is 23.4 Å². The Bertz CT molecular complexity index is 687. The van der Waals surface area contributed by atoms with Crippen molar-refractivity contribution in [2.45, 2.75) is 72.3 Å². The van der Waals surface area contributed by atoms with Crippen LogP contribution in [0.2, 0.25) is 0 Å². The van der Waals surface area contributed by atoms with E-state index in [1.807, 2.05) is 0 Å². The van der Waals surface area contributed by atoms with E-state index in [0.29, 0.717) is 18.1 Å². The Morgan fingerprint density at radius 1 is 1.15 bits per heavy atom. The van der Waals surface area contributed by atoms with E-state index in [2.05, 4.69) is 33.8 Å². The Morgan fingerprint density at radius 3 is 2.50 bits per heavy atom. The molecular weight excluding hydrogens is 328 g/mol. The minimum absolute atomic E-state index is 0.0616. The first-order valence-corrected chi connectivity index (χ1v) is 9.97. The summed E-state index contributed by atoms with van der Waals surface area (Å²) in [6.45, 7) is 9.25. The smallest absolute Gasteiger partial charge is 0.143 e. The van der Waals surface area contributed by atoms with Gasteiger partial charge >= 0.3 is 0 Å². The molecule has 26 heavy (non-hydrogen) atoms. The lowest BCUT2D eigenvalue weighted by molar-refractivity contribution is 0.258. The van der Waals surface area contributed by atoms with Crippen molar-refractivity contribution < 1.29 is 19.4 Å². The van der Waals surface area contributed by atoms with Crippen LogP contribution in [0.5, 0.6) is 5.75 Å². The van der Waals surface area contributed by atoms with Crippen molar-refractivity contribution in [1.29, 1.82) is 0 Å². The molecule has 0 fully saturated rings. The molecule has 1 heterocycles. The van der Waals surface area contributed by atoms with E-state index in [0.717, 1.165) is 59.9 Å². The number of aliphatic hydroxyl groups excluding tert-OH is 2. The Labute approximate surface area is 157 Å². The van der Waals surface area contributed by atoms with Crippen LogP contribution in [-0.2, 0) is 13.0 Å². The van der Waals surface area contributed by atoms with Crippen molar-refractivity contribution in [2.24, 2.45) is 5.92 Å². The molecule has 0 saturated carbocycles. The molecule has 2 N–H and O–H groups in total. The highest BCUT2D eigenvalue weighted by atomic mass is 16.5. The predicted octanol–water partition coefficient (Wildman–Crippen LogP) is 5.18. The molecule has 0 radical (unpaired) electrons. The van der Waals surface area contributed by atoms with E-state index in [1.165, 1.54) is 0 Å². The van der Waals surface area contributed by atoms with Crippen molar-refractivity contribution in [3.8, 4) is 5.75 Å². The summed E-state index contributed by atoms with van der Waals surface area (Å²) in [7, 11) is 0. The van der Waals surface area contributed by atoms with Crippen LogP contribution in [0.3, 0.4) is 0 Å². The fourth-order valence-corrected chi connectivity index (χ4v) is 3.54. The molecule has 1 aromatic carbocycles. The summed E-state index contributed by atoms with van der Waals surface area (Å²) < 4.78 is 11.9. The van der Waals surface area contributed by atoms with Gasteiger partial charge in [0.15, 0.2) is 0 Å². The Morgan fingerprint density at radius 2 is 1.92 bits per heavy atom. The van der Waals surface area contributed by atoms with Crippen molar-refractivity contribution in [2.75, 3.05) is 13.2 Å². The molecule has 0 bridgehead atoms. The zero-order chi connectivity index (χ0) is 19.1. The Kier molecular flexibility index (Phi) is 7.98. The maximum absolute atomic E-state index is 10.1. The van der Waals surface area contributed by atoms with Gasteiger partial charge in [-0.05, 0) is 36.8 Å². The molecule has 4 heteroatoms. The molecule has 0 saturated heterocycles. The van der Waals surface area contributed by atoms with Gasteiger partial charge < -0.3 is 19.4 Å². The summed E-state index contributed by atoms with van der Waals surface area (Å²) in [5.74, 6) is 1.32. The third kappa shape index (κ3) is 4.60. The summed E-state index contributed by atoms with van der Waals surface area (Å²) in [5, 5.41) is 20.9. The predicted molar refractivity (Wildman–Crippen MR) is 106 cm³/mol. The van der Waals surface area contributed by atoms with Crippen LogP contribution >= 0.6 is 0 Å². The first-order chi connectivity index (χ1) is 12.6. The van der Waals surface area contributed by atoms with E-state index in [4.69, 9.17) is 9.15 Å². The zero-order valence-corrected chi connectivity index (χ0v) is 16.7. The van der Waals surface area contributed by atoms with Gasteiger partial charge in [-0.3, -0.25) is 0 Å². The van der Waals surface area contributed by atoms with Gasteiger partial charge in [-0.2, -0.15) is 0 Å². The van der Waals surface area contributed by atoms with Crippen molar-refractivity contribution in [1.82, 2.24) is 0 Å². The molecule has 0 aliphatic heterocycles. The molecule has 2 rings (SSSR count). The highest BCUT2D eigenvalue weighted by molar-refractivity contribution is 5.87. The topological polar surface area (TPSA) is 62.8 Å². The fraction of sp³-hybridized carbons (Fsp3) is 0.636. The summed E-state index contributed by atoms with van der Waals surface area (Å²) >= 11 is 0. The maximum Gasteiger partial charge on any atom is 0.143 e. The number of benzene rings is 1. The molecule has 0 aliphatic carbocycles. The van der Waals surface area contributed by atoms with Crippen LogP contribution in [0.4, 0.5) is 0 Å². The average Bonchev–Trinajstić information content (AvgIpc) is 3.02. The third-order valence-electron chi connectivity index (χ3n) is 4.85. The normalized spacial score (nSPS) is 12.9. The first-order valence-electron chi connectivity index (χ1n) is 9.97. The molecule has 0 spiro atoms. The van der Waals surface area contributed by atoms with Crippen molar-refractivity contribution >= 4 is 11.0 Å². The van der Waals surface area contributed by atoms with Gasteiger partial charge in [0.2, 0.25) is 0 Å². The largest absolute Gasteiger partial charge is 0.493 e. The van der Waals surface area contributed by atoms with E-state index in [-0.39, 0.29) is 19.1 Å². The van der Waals surface area contributed by atoms with Crippen molar-refractivity contribution in [3.63, 3.8) is 0 Å². The molecular formula is C22H34O4. The van der Waals surface area contributed by atoms with Crippen molar-refractivity contribution in [3.05, 3.63) is 29.0 Å². The molecule has 146 valence electrons. The monoisotopic (exact) mass is 362 g/mol. The van der Waals surface area contributed by atoms with Gasteiger partial charge in [-0.25, -0.2) is 0 Å². The number of rotatable bonds is 11. The van der Waals surface area contributed by atoms with Gasteiger partial charge in [0.05, 0.1) is 31.6 Å². The minimum Gasteiger partial charge on any atom is -0.493 e. The second-order valence-corrected chi connectivity index (χ2v) is 7.54. The van der Waals surface area contributed by atoms with Crippen LogP contribution in [0.1, 0.15) is 76.0 Å². The van der Waals surface area contributed by atoms with Gasteiger partial charge in [0.25, 0.3) is 0 Å². The van der Waals surface area contributed by atoms with Crippen LogP contribution < -0.4 is 4.74 Å². The quantitative estimate of drug-likeness (QED) is 0.541. The lowest BCUT2D eigenvalue weighted by Gasteiger charge is -2.18. The number of hydrogen-bond acceptors (Lipinski definition) is 4. The molecule has 1 atom stereocenters. The first kappa shape index (κ1) is 20.8. The van der Waals surface area contributed by atoms with E-state index in [9.17, 15) is 10.2 Å². The second-order valence-electron chi connectivity index (χ2n) is 7.54. The summed E-state index contributed by atoms with van der Waals surface area (Å²) in [4.78, 5) is 0. The number of furan rings is 1. The van der Waals surface area contributed by atoms with Crippen LogP contribution in [0.25, 0.3) is 11.0 Å². The molecule has 0 aliphatic rings. The van der Waals surface area contributed by atoms with Gasteiger partial charge in [-0.1, -0.05) is 40.5 Å². The zero-order valence-electron chi connectivity index (χ0n) is 16.7. The molecule has 1 unspecified atom stereocenters. The van der Waals surface area contributed by atoms with Gasteiger partial charge in [0.1, 0.15) is 11.3 Å². The lowest BCUT2D eigenvalue weighted by Crippen LogP contribution is -2.07. The number of hydrogen-bond donors (Lipinski definition) is 2. The number of unbranched alkanes of at least 4 members (excludes halogenated alkanes) is 1. The summed E-state index contributed by atoms with van der Waals surface area (Å²) in [6, 6.07) is 2.15. The molecule has 1 aromatic heterocycles. The number of fused-ring (bicyclic) bond motifs is 1. The number of aliphatic hydroxyl groups is 2. The van der Waals surface area contributed by atoms with Crippen LogP contribution in [0, 0.1) is 5.92 Å². The Balaban J connectivity index is 2.58. The molecule has 2 aromatic rings. The molecule has 4 nitrogen and oxygen atoms in total. The maximum atomic E-state index is 10.1.